The Hall–Kier alpha value is -2.11. The third-order valence-corrected chi connectivity index (χ3v) is 2.91. The average molecular weight is 266 g/mol. The maximum Gasteiger partial charge on any atom is 0.326 e. The van der Waals surface area contributed by atoms with Crippen molar-refractivity contribution >= 4 is 17.3 Å². The van der Waals surface area contributed by atoms with E-state index < -0.39 is 16.9 Å². The number of hydrogen-bond acceptors (Lipinski definition) is 4. The summed E-state index contributed by atoms with van der Waals surface area (Å²) in [6.45, 7) is 3.77. The molecule has 0 saturated heterocycles. The number of nitrogens with one attached hydrogen (secondary N) is 1. The molecule has 1 atom stereocenters. The molecule has 6 heteroatoms. The number of rotatable bonds is 7. The topological polar surface area (TPSA) is 92.5 Å². The smallest absolute Gasteiger partial charge is 0.326 e. The van der Waals surface area contributed by atoms with Crippen LogP contribution in [0.2, 0.25) is 0 Å². The van der Waals surface area contributed by atoms with Crippen molar-refractivity contribution < 1.29 is 14.8 Å². The molecule has 0 amide bonds. The van der Waals surface area contributed by atoms with Crippen LogP contribution < -0.4 is 5.32 Å². The molecule has 0 saturated carbocycles. The van der Waals surface area contributed by atoms with Crippen LogP contribution in [-0.4, -0.2) is 22.0 Å². The van der Waals surface area contributed by atoms with Gasteiger partial charge in [0.15, 0.2) is 0 Å². The van der Waals surface area contributed by atoms with Crippen molar-refractivity contribution in [2.45, 2.75) is 39.2 Å². The molecule has 1 aromatic rings. The second kappa shape index (κ2) is 6.72. The summed E-state index contributed by atoms with van der Waals surface area (Å²) < 4.78 is 0. The van der Waals surface area contributed by atoms with Crippen molar-refractivity contribution in [2.24, 2.45) is 0 Å². The highest BCUT2D eigenvalue weighted by Crippen LogP contribution is 2.23. The van der Waals surface area contributed by atoms with Crippen LogP contribution in [0.4, 0.5) is 11.4 Å². The molecule has 0 radical (unpaired) electrons. The minimum atomic E-state index is -0.945. The van der Waals surface area contributed by atoms with E-state index in [1.807, 2.05) is 6.92 Å². The number of carbonyl (C=O) groups is 1. The van der Waals surface area contributed by atoms with Gasteiger partial charge in [0.05, 0.1) is 4.92 Å². The number of aryl methyl sites for hydroxylation is 1. The molecule has 2 N–H and O–H groups in total. The summed E-state index contributed by atoms with van der Waals surface area (Å²) >= 11 is 0. The van der Waals surface area contributed by atoms with Gasteiger partial charge in [-0.25, -0.2) is 4.79 Å². The van der Waals surface area contributed by atoms with E-state index in [0.29, 0.717) is 12.1 Å². The number of nitro groups is 1. The van der Waals surface area contributed by atoms with Crippen LogP contribution in [0.1, 0.15) is 31.7 Å². The van der Waals surface area contributed by atoms with Crippen molar-refractivity contribution in [3.05, 3.63) is 33.9 Å². The summed E-state index contributed by atoms with van der Waals surface area (Å²) in [5.74, 6) is -0.945. The van der Waals surface area contributed by atoms with Gasteiger partial charge in [-0.05, 0) is 18.9 Å². The fraction of sp³-hybridized carbons (Fsp3) is 0.462. The monoisotopic (exact) mass is 266 g/mol. The number of carboxylic acid groups (broad SMARTS) is 1. The SMILES string of the molecule is CCCCC(Nc1cc([N+](=O)[O-])ccc1C)C(=O)O. The van der Waals surface area contributed by atoms with Gasteiger partial charge in [0.1, 0.15) is 6.04 Å². The first-order valence-electron chi connectivity index (χ1n) is 6.20. The molecule has 0 spiro atoms. The Balaban J connectivity index is 2.91. The highest BCUT2D eigenvalue weighted by molar-refractivity contribution is 5.78. The largest absolute Gasteiger partial charge is 0.480 e. The Morgan fingerprint density at radius 2 is 2.21 bits per heavy atom. The number of non-ortho nitro benzene ring substituents is 1. The van der Waals surface area contributed by atoms with E-state index in [-0.39, 0.29) is 5.69 Å². The molecule has 0 aliphatic heterocycles. The van der Waals surface area contributed by atoms with Gasteiger partial charge < -0.3 is 10.4 Å². The third-order valence-electron chi connectivity index (χ3n) is 2.91. The molecule has 0 fully saturated rings. The van der Waals surface area contributed by atoms with Crippen LogP contribution in [0.5, 0.6) is 0 Å². The number of unbranched alkanes of at least 4 members (excludes halogenated alkanes) is 1. The van der Waals surface area contributed by atoms with E-state index in [9.17, 15) is 14.9 Å². The Labute approximate surface area is 111 Å². The number of aliphatic carboxylic acids is 1. The number of anilines is 1. The molecular weight excluding hydrogens is 248 g/mol. The molecule has 1 rings (SSSR count). The van der Waals surface area contributed by atoms with E-state index in [2.05, 4.69) is 5.32 Å². The number of benzene rings is 1. The van der Waals surface area contributed by atoms with Crippen molar-refractivity contribution in [3.63, 3.8) is 0 Å². The Morgan fingerprint density at radius 3 is 2.74 bits per heavy atom. The molecule has 1 aromatic carbocycles. The van der Waals surface area contributed by atoms with Crippen LogP contribution in [0.25, 0.3) is 0 Å². The predicted octanol–water partition coefficient (Wildman–Crippen LogP) is 2.96. The Morgan fingerprint density at radius 1 is 1.53 bits per heavy atom. The highest BCUT2D eigenvalue weighted by atomic mass is 16.6. The fourth-order valence-corrected chi connectivity index (χ4v) is 1.73. The quantitative estimate of drug-likeness (QED) is 0.584. The highest BCUT2D eigenvalue weighted by Gasteiger charge is 2.18. The first-order chi connectivity index (χ1) is 8.95. The van der Waals surface area contributed by atoms with E-state index in [0.717, 1.165) is 18.4 Å². The zero-order valence-electron chi connectivity index (χ0n) is 11.0. The molecule has 0 bridgehead atoms. The lowest BCUT2D eigenvalue weighted by Gasteiger charge is -2.16. The average Bonchev–Trinajstić information content (AvgIpc) is 2.35. The lowest BCUT2D eigenvalue weighted by atomic mass is 10.1. The molecular formula is C13H18N2O4. The first-order valence-corrected chi connectivity index (χ1v) is 6.20. The van der Waals surface area contributed by atoms with Crippen molar-refractivity contribution in [1.29, 1.82) is 0 Å². The van der Waals surface area contributed by atoms with Gasteiger partial charge in [0.2, 0.25) is 0 Å². The van der Waals surface area contributed by atoms with E-state index >= 15 is 0 Å². The van der Waals surface area contributed by atoms with Gasteiger partial charge in [-0.1, -0.05) is 25.8 Å². The minimum Gasteiger partial charge on any atom is -0.480 e. The summed E-state index contributed by atoms with van der Waals surface area (Å²) in [5.41, 5.74) is 1.23. The molecule has 0 aliphatic carbocycles. The zero-order valence-corrected chi connectivity index (χ0v) is 11.0. The standard InChI is InChI=1S/C13H18N2O4/c1-3-4-5-11(13(16)17)14-12-8-10(15(18)19)7-6-9(12)2/h6-8,11,14H,3-5H2,1-2H3,(H,16,17). The second-order valence-corrected chi connectivity index (χ2v) is 4.43. The Kier molecular flexibility index (Phi) is 5.29. The van der Waals surface area contributed by atoms with E-state index in [4.69, 9.17) is 5.11 Å². The van der Waals surface area contributed by atoms with Gasteiger partial charge in [0.25, 0.3) is 5.69 Å². The van der Waals surface area contributed by atoms with Crippen LogP contribution in [0.3, 0.4) is 0 Å². The molecule has 104 valence electrons. The van der Waals surface area contributed by atoms with Crippen molar-refractivity contribution in [3.8, 4) is 0 Å². The van der Waals surface area contributed by atoms with E-state index in [1.54, 1.807) is 13.0 Å². The summed E-state index contributed by atoms with van der Waals surface area (Å²) in [6, 6.07) is 3.67. The van der Waals surface area contributed by atoms with Crippen LogP contribution in [-0.2, 0) is 4.79 Å². The summed E-state index contributed by atoms with van der Waals surface area (Å²) in [6.07, 6.45) is 2.19. The van der Waals surface area contributed by atoms with Crippen LogP contribution >= 0.6 is 0 Å². The van der Waals surface area contributed by atoms with Gasteiger partial charge in [-0.15, -0.1) is 0 Å². The fourth-order valence-electron chi connectivity index (χ4n) is 1.73. The zero-order chi connectivity index (χ0) is 14.4. The van der Waals surface area contributed by atoms with Crippen molar-refractivity contribution in [2.75, 3.05) is 5.32 Å². The Bertz CT molecular complexity index is 474. The number of nitrogens with zero attached hydrogens (tertiary/aromatic N) is 1. The van der Waals surface area contributed by atoms with E-state index in [1.165, 1.54) is 12.1 Å². The maximum absolute atomic E-state index is 11.1. The molecule has 0 heterocycles. The first kappa shape index (κ1) is 14.9. The van der Waals surface area contributed by atoms with Gasteiger partial charge >= 0.3 is 5.97 Å². The molecule has 6 nitrogen and oxygen atoms in total. The normalized spacial score (nSPS) is 11.9. The summed E-state index contributed by atoms with van der Waals surface area (Å²) in [4.78, 5) is 21.4. The minimum absolute atomic E-state index is 0.0484. The lowest BCUT2D eigenvalue weighted by Crippen LogP contribution is -2.29. The van der Waals surface area contributed by atoms with Gasteiger partial charge in [-0.2, -0.15) is 0 Å². The van der Waals surface area contributed by atoms with Crippen LogP contribution in [0, 0.1) is 17.0 Å². The van der Waals surface area contributed by atoms with Crippen molar-refractivity contribution in [1.82, 2.24) is 0 Å². The number of carboxylic acids is 1. The van der Waals surface area contributed by atoms with Gasteiger partial charge in [0, 0.05) is 17.8 Å². The maximum atomic E-state index is 11.1. The molecule has 1 unspecified atom stereocenters. The van der Waals surface area contributed by atoms with Crippen LogP contribution in [0.15, 0.2) is 18.2 Å². The van der Waals surface area contributed by atoms with Gasteiger partial charge in [-0.3, -0.25) is 10.1 Å². The second-order valence-electron chi connectivity index (χ2n) is 4.43. The number of hydrogen-bond donors (Lipinski definition) is 2. The predicted molar refractivity (Wildman–Crippen MR) is 72.4 cm³/mol. The third kappa shape index (κ3) is 4.24. The summed E-state index contributed by atoms with van der Waals surface area (Å²) in [7, 11) is 0. The lowest BCUT2D eigenvalue weighted by molar-refractivity contribution is -0.384. The summed E-state index contributed by atoms with van der Waals surface area (Å²) in [5, 5.41) is 22.7. The number of nitro benzene ring substituents is 1. The molecule has 19 heavy (non-hydrogen) atoms. The molecule has 0 aromatic heterocycles. The molecule has 0 aliphatic rings.